The van der Waals surface area contributed by atoms with Gasteiger partial charge in [-0.15, -0.1) is 0 Å². The second kappa shape index (κ2) is 6.56. The molecule has 0 aliphatic carbocycles. The van der Waals surface area contributed by atoms with Crippen LogP contribution in [0, 0.1) is 5.92 Å². The molecule has 2 rings (SSSR count). The number of aliphatic imine (C=N–C) groups is 1. The van der Waals surface area contributed by atoms with Gasteiger partial charge in [-0.2, -0.15) is 5.10 Å². The predicted molar refractivity (Wildman–Crippen MR) is 74.8 cm³/mol. The molecule has 1 aromatic rings. The molecule has 1 aromatic heterocycles. The van der Waals surface area contributed by atoms with Crippen molar-refractivity contribution in [2.75, 3.05) is 19.7 Å². The zero-order valence-corrected chi connectivity index (χ0v) is 11.7. The fraction of sp³-hybridized carbons (Fsp3) is 0.692. The highest BCUT2D eigenvalue weighted by atomic mass is 16.5. The lowest BCUT2D eigenvalue weighted by atomic mass is 9.99. The van der Waals surface area contributed by atoms with Crippen LogP contribution in [0.15, 0.2) is 17.3 Å². The molecule has 0 radical (unpaired) electrons. The van der Waals surface area contributed by atoms with E-state index in [2.05, 4.69) is 22.3 Å². The molecule has 19 heavy (non-hydrogen) atoms. The van der Waals surface area contributed by atoms with Crippen molar-refractivity contribution in [3.05, 3.63) is 18.0 Å². The quantitative estimate of drug-likeness (QED) is 0.610. The van der Waals surface area contributed by atoms with Crippen molar-refractivity contribution in [3.8, 4) is 0 Å². The molecule has 2 atom stereocenters. The van der Waals surface area contributed by atoms with E-state index >= 15 is 0 Å². The van der Waals surface area contributed by atoms with E-state index < -0.39 is 0 Å². The number of guanidine groups is 1. The molecule has 0 spiro atoms. The molecule has 1 fully saturated rings. The molecule has 1 aliphatic heterocycles. The van der Waals surface area contributed by atoms with Crippen LogP contribution in [0.1, 0.15) is 31.6 Å². The Balaban J connectivity index is 1.94. The van der Waals surface area contributed by atoms with Crippen LogP contribution in [0.3, 0.4) is 0 Å². The number of hydrogen-bond acceptors (Lipinski definition) is 3. The fourth-order valence-electron chi connectivity index (χ4n) is 2.34. The smallest absolute Gasteiger partial charge is 0.188 e. The van der Waals surface area contributed by atoms with Crippen LogP contribution in [0.25, 0.3) is 0 Å². The highest BCUT2D eigenvalue weighted by molar-refractivity contribution is 5.77. The van der Waals surface area contributed by atoms with E-state index in [0.717, 1.165) is 31.7 Å². The number of hydrogen-bond donors (Lipinski definition) is 2. The van der Waals surface area contributed by atoms with E-state index in [1.54, 1.807) is 6.20 Å². The molecule has 0 amide bonds. The Kier molecular flexibility index (Phi) is 4.79. The molecular weight excluding hydrogens is 242 g/mol. The van der Waals surface area contributed by atoms with Gasteiger partial charge < -0.3 is 15.8 Å². The lowest BCUT2D eigenvalue weighted by Crippen LogP contribution is -2.32. The molecule has 1 aliphatic rings. The number of nitrogens with two attached hydrogens (primary N) is 1. The van der Waals surface area contributed by atoms with Gasteiger partial charge in [0.2, 0.25) is 0 Å². The molecule has 0 aromatic carbocycles. The van der Waals surface area contributed by atoms with Crippen molar-refractivity contribution < 1.29 is 4.74 Å². The molecule has 0 unspecified atom stereocenters. The first kappa shape index (κ1) is 13.9. The molecule has 6 heteroatoms. The second-order valence-corrected chi connectivity index (χ2v) is 4.87. The van der Waals surface area contributed by atoms with Crippen LogP contribution >= 0.6 is 0 Å². The van der Waals surface area contributed by atoms with E-state index in [9.17, 15) is 0 Å². The van der Waals surface area contributed by atoms with Crippen molar-refractivity contribution in [1.29, 1.82) is 0 Å². The van der Waals surface area contributed by atoms with E-state index in [1.165, 1.54) is 0 Å². The van der Waals surface area contributed by atoms with Crippen LogP contribution in [-0.4, -0.2) is 35.4 Å². The minimum atomic E-state index is 0.0789. The van der Waals surface area contributed by atoms with Gasteiger partial charge in [0, 0.05) is 38.9 Å². The molecule has 106 valence electrons. The summed E-state index contributed by atoms with van der Waals surface area (Å²) in [5, 5.41) is 7.28. The van der Waals surface area contributed by atoms with E-state index in [0.29, 0.717) is 18.4 Å². The number of nitrogens with zero attached hydrogens (tertiary/aromatic N) is 3. The Morgan fingerprint density at radius 1 is 1.68 bits per heavy atom. The number of rotatable bonds is 5. The third kappa shape index (κ3) is 3.47. The fourth-order valence-corrected chi connectivity index (χ4v) is 2.34. The zero-order chi connectivity index (χ0) is 13.7. The summed E-state index contributed by atoms with van der Waals surface area (Å²) < 4.78 is 7.68. The van der Waals surface area contributed by atoms with Crippen molar-refractivity contribution in [2.45, 2.75) is 25.9 Å². The van der Waals surface area contributed by atoms with Gasteiger partial charge in [0.15, 0.2) is 5.96 Å². The monoisotopic (exact) mass is 265 g/mol. The summed E-state index contributed by atoms with van der Waals surface area (Å²) in [5.74, 6) is 0.898. The van der Waals surface area contributed by atoms with Gasteiger partial charge in [-0.3, -0.25) is 9.67 Å². The van der Waals surface area contributed by atoms with E-state index in [-0.39, 0.29) is 6.10 Å². The van der Waals surface area contributed by atoms with Crippen LogP contribution in [-0.2, 0) is 11.8 Å². The van der Waals surface area contributed by atoms with Gasteiger partial charge in [-0.05, 0) is 18.9 Å². The van der Waals surface area contributed by atoms with E-state index in [1.807, 2.05) is 17.8 Å². The van der Waals surface area contributed by atoms with Crippen molar-refractivity contribution in [2.24, 2.45) is 23.7 Å². The number of ether oxygens (including phenoxy) is 1. The Labute approximate surface area is 114 Å². The van der Waals surface area contributed by atoms with Crippen molar-refractivity contribution in [1.82, 2.24) is 15.1 Å². The number of aromatic nitrogens is 2. The van der Waals surface area contributed by atoms with Crippen LogP contribution in [0.5, 0.6) is 0 Å². The first-order chi connectivity index (χ1) is 9.22. The summed E-state index contributed by atoms with van der Waals surface area (Å²) in [6, 6.07) is 2.01. The minimum absolute atomic E-state index is 0.0789. The first-order valence-electron chi connectivity index (χ1n) is 6.85. The molecule has 0 saturated carbocycles. The minimum Gasteiger partial charge on any atom is -0.372 e. The second-order valence-electron chi connectivity index (χ2n) is 4.87. The maximum atomic E-state index is 5.81. The van der Waals surface area contributed by atoms with E-state index in [4.69, 9.17) is 10.5 Å². The molecular formula is C13H23N5O. The van der Waals surface area contributed by atoms with Crippen LogP contribution in [0.2, 0.25) is 0 Å². The summed E-state index contributed by atoms with van der Waals surface area (Å²) in [7, 11) is 1.94. The summed E-state index contributed by atoms with van der Waals surface area (Å²) in [6.45, 7) is 4.43. The Hall–Kier alpha value is -1.56. The average Bonchev–Trinajstić information content (AvgIpc) is 3.01. The Morgan fingerprint density at radius 2 is 2.53 bits per heavy atom. The van der Waals surface area contributed by atoms with Crippen molar-refractivity contribution in [3.63, 3.8) is 0 Å². The summed E-state index contributed by atoms with van der Waals surface area (Å²) >= 11 is 0. The van der Waals surface area contributed by atoms with Gasteiger partial charge in [-0.25, -0.2) is 0 Å². The Bertz CT molecular complexity index is 428. The highest BCUT2D eigenvalue weighted by Gasteiger charge is 2.31. The SMILES string of the molecule is CCCNC(N)=NC[C@@H]1CCO[C@H]1c1ccnn1C. The predicted octanol–water partition coefficient (Wildman–Crippen LogP) is 0.812. The normalized spacial score (nSPS) is 23.8. The standard InChI is InChI=1S/C13H23N5O/c1-3-6-15-13(14)16-9-10-5-8-19-12(10)11-4-7-17-18(11)2/h4,7,10,12H,3,5-6,8-9H2,1-2H3,(H3,14,15,16)/t10-,12+/m0/s1. The third-order valence-electron chi connectivity index (χ3n) is 3.42. The lowest BCUT2D eigenvalue weighted by Gasteiger charge is -2.17. The first-order valence-corrected chi connectivity index (χ1v) is 6.85. The summed E-state index contributed by atoms with van der Waals surface area (Å²) in [5.41, 5.74) is 6.92. The summed E-state index contributed by atoms with van der Waals surface area (Å²) in [6.07, 6.45) is 3.94. The number of nitrogens with one attached hydrogen (secondary N) is 1. The van der Waals surface area contributed by atoms with Gasteiger partial charge >= 0.3 is 0 Å². The molecule has 3 N–H and O–H groups in total. The van der Waals surface area contributed by atoms with Gasteiger partial charge in [-0.1, -0.05) is 6.92 Å². The lowest BCUT2D eigenvalue weighted by molar-refractivity contribution is 0.0859. The molecule has 2 heterocycles. The highest BCUT2D eigenvalue weighted by Crippen LogP contribution is 2.34. The van der Waals surface area contributed by atoms with Gasteiger partial charge in [0.05, 0.1) is 5.69 Å². The maximum absolute atomic E-state index is 5.81. The Morgan fingerprint density at radius 3 is 3.21 bits per heavy atom. The maximum Gasteiger partial charge on any atom is 0.188 e. The van der Waals surface area contributed by atoms with Crippen LogP contribution in [0.4, 0.5) is 0 Å². The molecule has 0 bridgehead atoms. The third-order valence-corrected chi connectivity index (χ3v) is 3.42. The zero-order valence-electron chi connectivity index (χ0n) is 11.7. The van der Waals surface area contributed by atoms with Gasteiger partial charge in [0.1, 0.15) is 6.10 Å². The molecule has 1 saturated heterocycles. The van der Waals surface area contributed by atoms with Crippen molar-refractivity contribution >= 4 is 5.96 Å². The molecule has 6 nitrogen and oxygen atoms in total. The summed E-state index contributed by atoms with van der Waals surface area (Å²) in [4.78, 5) is 4.41. The van der Waals surface area contributed by atoms with Crippen LogP contribution < -0.4 is 11.1 Å². The number of aryl methyl sites for hydroxylation is 1. The topological polar surface area (TPSA) is 77.5 Å². The average molecular weight is 265 g/mol. The van der Waals surface area contributed by atoms with Gasteiger partial charge in [0.25, 0.3) is 0 Å². The largest absolute Gasteiger partial charge is 0.372 e.